The number of amides is 2. The van der Waals surface area contributed by atoms with E-state index in [2.05, 4.69) is 16.0 Å². The van der Waals surface area contributed by atoms with Crippen LogP contribution >= 0.6 is 0 Å². The van der Waals surface area contributed by atoms with Gasteiger partial charge in [0.2, 0.25) is 0 Å². The molecule has 2 amide bonds. The molecule has 3 N–H and O–H groups in total. The van der Waals surface area contributed by atoms with Gasteiger partial charge in [-0.05, 0) is 24.3 Å². The summed E-state index contributed by atoms with van der Waals surface area (Å²) in [6, 6.07) is 16.6. The lowest BCUT2D eigenvalue weighted by Gasteiger charge is -2.16. The van der Waals surface area contributed by atoms with Gasteiger partial charge in [0.1, 0.15) is 5.75 Å². The van der Waals surface area contributed by atoms with Crippen molar-refractivity contribution in [1.29, 1.82) is 0 Å². The Labute approximate surface area is 147 Å². The molecule has 1 heterocycles. The number of benzene rings is 2. The molecule has 1 saturated heterocycles. The Balaban J connectivity index is 1.55. The van der Waals surface area contributed by atoms with Gasteiger partial charge in [0.15, 0.2) is 5.75 Å². The highest BCUT2D eigenvalue weighted by molar-refractivity contribution is 5.90. The maximum atomic E-state index is 12.2. The van der Waals surface area contributed by atoms with Gasteiger partial charge in [-0.15, -0.1) is 0 Å². The molecule has 1 fully saturated rings. The number of anilines is 1. The van der Waals surface area contributed by atoms with Gasteiger partial charge >= 0.3 is 6.03 Å². The van der Waals surface area contributed by atoms with Crippen LogP contribution in [0.1, 0.15) is 0 Å². The number of nitrogens with one attached hydrogen (secondary N) is 3. The van der Waals surface area contributed by atoms with Gasteiger partial charge < -0.3 is 25.4 Å². The van der Waals surface area contributed by atoms with Crippen LogP contribution in [-0.2, 0) is 4.74 Å². The second-order valence-electron chi connectivity index (χ2n) is 5.89. The minimum atomic E-state index is -0.256. The fraction of sp³-hybridized carbons (Fsp3) is 0.316. The molecule has 25 heavy (non-hydrogen) atoms. The molecule has 0 aromatic heterocycles. The van der Waals surface area contributed by atoms with Crippen LogP contribution in [0.5, 0.6) is 11.5 Å². The molecule has 0 unspecified atom stereocenters. The second kappa shape index (κ2) is 9.05. The van der Waals surface area contributed by atoms with E-state index < -0.39 is 0 Å². The lowest BCUT2D eigenvalue weighted by molar-refractivity contribution is 0.123. The van der Waals surface area contributed by atoms with Crippen molar-refractivity contribution in [2.75, 3.05) is 38.2 Å². The number of carbonyl (C=O) groups excluding carboxylic acids is 1. The van der Waals surface area contributed by atoms with Crippen LogP contribution in [0.4, 0.5) is 10.5 Å². The second-order valence-corrected chi connectivity index (χ2v) is 5.89. The number of rotatable bonds is 5. The summed E-state index contributed by atoms with van der Waals surface area (Å²) in [7, 11) is 0. The van der Waals surface area contributed by atoms with Gasteiger partial charge in [-0.2, -0.15) is 0 Å². The number of hydrogen-bond acceptors (Lipinski definition) is 4. The quantitative estimate of drug-likeness (QED) is 0.782. The van der Waals surface area contributed by atoms with E-state index in [9.17, 15) is 4.79 Å². The van der Waals surface area contributed by atoms with Gasteiger partial charge in [-0.25, -0.2) is 4.79 Å². The summed E-state index contributed by atoms with van der Waals surface area (Å²) >= 11 is 0. The first-order valence-electron chi connectivity index (χ1n) is 8.46. The first kappa shape index (κ1) is 17.3. The third kappa shape index (κ3) is 5.48. The van der Waals surface area contributed by atoms with Gasteiger partial charge in [-0.3, -0.25) is 0 Å². The van der Waals surface area contributed by atoms with Crippen molar-refractivity contribution in [2.45, 2.75) is 0 Å². The highest BCUT2D eigenvalue weighted by atomic mass is 16.5. The first-order valence-corrected chi connectivity index (χ1v) is 8.46. The summed E-state index contributed by atoms with van der Waals surface area (Å²) in [5, 5.41) is 9.03. The lowest BCUT2D eigenvalue weighted by Crippen LogP contribution is -2.37. The summed E-state index contributed by atoms with van der Waals surface area (Å²) < 4.78 is 11.3. The monoisotopic (exact) mass is 341 g/mol. The molecule has 2 aromatic rings. The Morgan fingerprint density at radius 3 is 2.84 bits per heavy atom. The average Bonchev–Trinajstić information content (AvgIpc) is 2.91. The van der Waals surface area contributed by atoms with Gasteiger partial charge in [0, 0.05) is 25.6 Å². The van der Waals surface area contributed by atoms with Crippen LogP contribution in [0.2, 0.25) is 0 Å². The van der Waals surface area contributed by atoms with Gasteiger partial charge in [0.05, 0.1) is 18.9 Å². The normalized spacial score (nSPS) is 17.4. The SMILES string of the molecule is O=C(NC[C@@H]1CNCCOC1)Nc1ccccc1Oc1ccccc1. The van der Waals surface area contributed by atoms with Crippen molar-refractivity contribution in [2.24, 2.45) is 5.92 Å². The minimum Gasteiger partial charge on any atom is -0.455 e. The zero-order valence-corrected chi connectivity index (χ0v) is 14.0. The van der Waals surface area contributed by atoms with Crippen molar-refractivity contribution in [3.63, 3.8) is 0 Å². The standard InChI is InChI=1S/C19H23N3O3/c23-19(21-13-15-12-20-10-11-24-14-15)22-17-8-4-5-9-18(17)25-16-6-2-1-3-7-16/h1-9,15,20H,10-14H2,(H2,21,22,23)/t15-/m0/s1. The highest BCUT2D eigenvalue weighted by Crippen LogP contribution is 2.28. The summed E-state index contributed by atoms with van der Waals surface area (Å²) in [4.78, 5) is 12.2. The minimum absolute atomic E-state index is 0.256. The molecule has 0 radical (unpaired) electrons. The molecule has 132 valence electrons. The summed E-state index contributed by atoms with van der Waals surface area (Å²) in [5.41, 5.74) is 0.624. The Bertz CT molecular complexity index is 671. The molecule has 0 spiro atoms. The third-order valence-corrected chi connectivity index (χ3v) is 3.87. The Morgan fingerprint density at radius 1 is 1.16 bits per heavy atom. The van der Waals surface area contributed by atoms with Crippen molar-refractivity contribution in [3.05, 3.63) is 54.6 Å². The zero-order valence-electron chi connectivity index (χ0n) is 14.0. The van der Waals surface area contributed by atoms with Crippen LogP contribution in [0.3, 0.4) is 0 Å². The molecule has 1 atom stereocenters. The Morgan fingerprint density at radius 2 is 1.96 bits per heavy atom. The zero-order chi connectivity index (χ0) is 17.3. The number of hydrogen-bond donors (Lipinski definition) is 3. The molecule has 2 aromatic carbocycles. The van der Waals surface area contributed by atoms with Gasteiger partial charge in [-0.1, -0.05) is 30.3 Å². The molecule has 1 aliphatic heterocycles. The lowest BCUT2D eigenvalue weighted by atomic mass is 10.1. The maximum Gasteiger partial charge on any atom is 0.319 e. The van der Waals surface area contributed by atoms with E-state index in [1.807, 2.05) is 54.6 Å². The molecule has 1 aliphatic rings. The molecular formula is C19H23N3O3. The number of carbonyl (C=O) groups is 1. The average molecular weight is 341 g/mol. The predicted molar refractivity (Wildman–Crippen MR) is 97.2 cm³/mol. The largest absolute Gasteiger partial charge is 0.455 e. The van der Waals surface area contributed by atoms with Gasteiger partial charge in [0.25, 0.3) is 0 Å². The number of para-hydroxylation sites is 3. The Kier molecular flexibility index (Phi) is 6.25. The molecule has 6 heteroatoms. The van der Waals surface area contributed by atoms with Crippen LogP contribution in [0, 0.1) is 5.92 Å². The van der Waals surface area contributed by atoms with E-state index in [1.165, 1.54) is 0 Å². The summed E-state index contributed by atoms with van der Waals surface area (Å²) in [6.45, 7) is 3.62. The van der Waals surface area contributed by atoms with E-state index >= 15 is 0 Å². The van der Waals surface area contributed by atoms with Crippen molar-refractivity contribution >= 4 is 11.7 Å². The topological polar surface area (TPSA) is 71.6 Å². The van der Waals surface area contributed by atoms with E-state index in [0.29, 0.717) is 31.2 Å². The van der Waals surface area contributed by atoms with E-state index in [1.54, 1.807) is 0 Å². The molecule has 0 saturated carbocycles. The Hall–Kier alpha value is -2.57. The van der Waals surface area contributed by atoms with Crippen LogP contribution < -0.4 is 20.7 Å². The number of urea groups is 1. The molecule has 3 rings (SSSR count). The maximum absolute atomic E-state index is 12.2. The summed E-state index contributed by atoms with van der Waals surface area (Å²) in [5.74, 6) is 1.59. The van der Waals surface area contributed by atoms with Crippen molar-refractivity contribution in [3.8, 4) is 11.5 Å². The third-order valence-electron chi connectivity index (χ3n) is 3.87. The molecular weight excluding hydrogens is 318 g/mol. The van der Waals surface area contributed by atoms with Crippen LogP contribution in [0.15, 0.2) is 54.6 Å². The first-order chi connectivity index (χ1) is 12.3. The molecule has 0 aliphatic carbocycles. The smallest absolute Gasteiger partial charge is 0.319 e. The predicted octanol–water partition coefficient (Wildman–Crippen LogP) is 2.84. The van der Waals surface area contributed by atoms with Crippen molar-refractivity contribution in [1.82, 2.24) is 10.6 Å². The van der Waals surface area contributed by atoms with Crippen LogP contribution in [0.25, 0.3) is 0 Å². The summed E-state index contributed by atoms with van der Waals surface area (Å²) in [6.07, 6.45) is 0. The fourth-order valence-corrected chi connectivity index (χ4v) is 2.57. The fourth-order valence-electron chi connectivity index (χ4n) is 2.57. The van der Waals surface area contributed by atoms with Crippen molar-refractivity contribution < 1.29 is 14.3 Å². The molecule has 6 nitrogen and oxygen atoms in total. The number of ether oxygens (including phenoxy) is 2. The van der Waals surface area contributed by atoms with Crippen LogP contribution in [-0.4, -0.2) is 38.9 Å². The highest BCUT2D eigenvalue weighted by Gasteiger charge is 2.14. The molecule has 0 bridgehead atoms. The van der Waals surface area contributed by atoms with E-state index in [4.69, 9.17) is 9.47 Å². The van der Waals surface area contributed by atoms with E-state index in [-0.39, 0.29) is 11.9 Å². The van der Waals surface area contributed by atoms with E-state index in [0.717, 1.165) is 18.8 Å².